The minimum absolute atomic E-state index is 0.0196. The van der Waals surface area contributed by atoms with Gasteiger partial charge < -0.3 is 119 Å². The molecule has 1 aliphatic heterocycles. The van der Waals surface area contributed by atoms with Gasteiger partial charge in [-0.05, 0) is 112 Å². The number of rotatable bonds is 47. The number of phenolic OH excluding ortho intramolecular Hbond substituents is 1. The van der Waals surface area contributed by atoms with E-state index in [-0.39, 0.29) is 114 Å². The third kappa shape index (κ3) is 33.3. The normalized spacial score (nSPS) is 14.5. The molecule has 0 radical (unpaired) electrons. The Labute approximate surface area is 606 Å². The van der Waals surface area contributed by atoms with Gasteiger partial charge in [-0.15, -0.1) is 0 Å². The molecule has 0 unspecified atom stereocenters. The summed E-state index contributed by atoms with van der Waals surface area (Å²) < 4.78 is 0. The molecule has 105 heavy (non-hydrogen) atoms. The second-order valence-electron chi connectivity index (χ2n) is 24.7. The van der Waals surface area contributed by atoms with Crippen LogP contribution >= 0.6 is 0 Å². The number of aliphatic carboxylic acids is 1. The number of benzene rings is 3. The fraction of sp³-hybridized carbons (Fsp3) is 0.493. The van der Waals surface area contributed by atoms with E-state index in [9.17, 15) is 72.5 Å². The van der Waals surface area contributed by atoms with Crippen LogP contribution in [0.4, 0.5) is 0 Å². The van der Waals surface area contributed by atoms with E-state index in [1.165, 1.54) is 17.0 Å². The zero-order valence-electron chi connectivity index (χ0n) is 58.7. The predicted molar refractivity (Wildman–Crippen MR) is 386 cm³/mol. The van der Waals surface area contributed by atoms with Gasteiger partial charge in [-0.1, -0.05) is 72.8 Å². The van der Waals surface area contributed by atoms with Gasteiger partial charge in [0.2, 0.25) is 70.9 Å². The summed E-state index contributed by atoms with van der Waals surface area (Å²) in [5, 5.41) is 48.0. The lowest BCUT2D eigenvalue weighted by Gasteiger charge is -2.31. The Morgan fingerprint density at radius 1 is 0.486 bits per heavy atom. The van der Waals surface area contributed by atoms with Crippen LogP contribution in [0.25, 0.3) is 0 Å². The van der Waals surface area contributed by atoms with E-state index in [4.69, 9.17) is 45.9 Å². The Balaban J connectivity index is 1.58. The summed E-state index contributed by atoms with van der Waals surface area (Å²) >= 11 is 0. The number of carbonyl (C=O) groups is 13. The monoisotopic (exact) mass is 1470 g/mol. The fourth-order valence-corrected chi connectivity index (χ4v) is 10.9. The summed E-state index contributed by atoms with van der Waals surface area (Å²) in [5.74, 6) is -13.1. The lowest BCUT2D eigenvalue weighted by Crippen LogP contribution is -2.61. The van der Waals surface area contributed by atoms with Crippen LogP contribution < -0.4 is 104 Å². The van der Waals surface area contributed by atoms with E-state index in [1.807, 2.05) is 30.3 Å². The van der Waals surface area contributed by atoms with Gasteiger partial charge >= 0.3 is 5.97 Å². The molecule has 0 spiro atoms. The second-order valence-corrected chi connectivity index (χ2v) is 24.7. The third-order valence-electron chi connectivity index (χ3n) is 16.2. The first-order valence-corrected chi connectivity index (χ1v) is 34.2. The van der Waals surface area contributed by atoms with Gasteiger partial charge in [-0.3, -0.25) is 72.5 Å². The van der Waals surface area contributed by atoms with E-state index < -0.39 is 157 Å². The molecule has 1 heterocycles. The molecule has 38 nitrogen and oxygen atoms in total. The van der Waals surface area contributed by atoms with Crippen molar-refractivity contribution in [3.05, 3.63) is 102 Å². The highest BCUT2D eigenvalue weighted by Crippen LogP contribution is 2.21. The summed E-state index contributed by atoms with van der Waals surface area (Å²) in [6.45, 7) is -0.371. The number of carboxylic acids is 1. The van der Waals surface area contributed by atoms with E-state index in [1.54, 1.807) is 42.5 Å². The molecule has 0 saturated carbocycles. The molecule has 38 heteroatoms. The number of aromatic hydroxyl groups is 1. The van der Waals surface area contributed by atoms with E-state index >= 15 is 0 Å². The Morgan fingerprint density at radius 3 is 1.49 bits per heavy atom. The van der Waals surface area contributed by atoms with E-state index in [0.29, 0.717) is 43.5 Å². The zero-order chi connectivity index (χ0) is 77.4. The summed E-state index contributed by atoms with van der Waals surface area (Å²) in [6, 6.07) is 10.7. The first-order valence-electron chi connectivity index (χ1n) is 34.2. The number of hydrogen-bond acceptors (Lipinski definition) is 19. The van der Waals surface area contributed by atoms with Gasteiger partial charge in [-0.2, -0.15) is 0 Å². The molecular weight excluding hydrogens is 1370 g/mol. The molecule has 3 aromatic rings. The standard InChI is InChI=1S/C67H101N23O15/c1-39(91)79-36-51(61(101)86-46(21-12-30-78-67(74)75)63(103)90-31-13-22-52(90)62(102)87-47(64(104)105)18-8-9-27-68)89-58(98)45(20-11-29-77-66(72)73)84-57(97)44(19-10-28-76-65(70)71)85-60(100)50(34-53(69)93)88-59(99)49(33-40-14-4-2-5-15-40)83-55(95)38-81-54(94)37-82-56(96)48(32-41-23-25-43(92)26-24-41)80-35-42-16-6-3-7-17-42/h2-7,14-17,23-26,44-52,80,92H,8-13,18-22,27-38,68H2,1H3,(H2,69,93)(H,79,91)(H,81,94)(H,82,96)(H,83,95)(H,84,97)(H,85,100)(H,86,101)(H,87,102)(H,88,99)(H,89,98)(H,104,105)(H4,70,71,76)(H4,72,73,77)(H4,74,75,78)/t44-,45-,46-,47-,48-,49-,50+,51-,52-/m0/s1. The van der Waals surface area contributed by atoms with Crippen molar-refractivity contribution in [3.8, 4) is 5.75 Å². The molecule has 29 N–H and O–H groups in total. The molecule has 0 aromatic heterocycles. The number of aliphatic imine (C=N–C) groups is 3. The summed E-state index contributed by atoms with van der Waals surface area (Å²) in [4.78, 5) is 192. The summed E-state index contributed by atoms with van der Waals surface area (Å²) in [7, 11) is 0. The Bertz CT molecular complexity index is 3480. The van der Waals surface area contributed by atoms with Gasteiger partial charge in [-0.25, -0.2) is 4.79 Å². The van der Waals surface area contributed by atoms with E-state index in [0.717, 1.165) is 12.5 Å². The number of unbranched alkanes of at least 4 members (excludes halogenated alkanes) is 1. The molecule has 0 bridgehead atoms. The Kier molecular flexibility index (Phi) is 37.6. The fourth-order valence-electron chi connectivity index (χ4n) is 10.9. The van der Waals surface area contributed by atoms with Crippen LogP contribution in [0.15, 0.2) is 99.9 Å². The number of carboxylic acid groups (broad SMARTS) is 1. The number of carbonyl (C=O) groups excluding carboxylic acids is 12. The molecule has 12 amide bonds. The maximum absolute atomic E-state index is 14.7. The average molecular weight is 1470 g/mol. The highest BCUT2D eigenvalue weighted by Gasteiger charge is 2.40. The van der Waals surface area contributed by atoms with Crippen LogP contribution in [-0.4, -0.2) is 217 Å². The first-order chi connectivity index (χ1) is 50.0. The SMILES string of the molecule is CC(=O)NC[C@H](NC(=O)[C@H](CCCN=C(N)N)NC(=O)[C@H](CCCN=C(N)N)NC(=O)[C@@H](CC(N)=O)NC(=O)[C@H](Cc1ccccc1)NC(=O)CNC(=O)CNC(=O)[C@H](Cc1ccc(O)cc1)NCc1ccccc1)C(=O)N[C@@H](CCCN=C(N)N)C(=O)N1CCC[C@H]1C(=O)N[C@@H](CCCCN)C(=O)O. The highest BCUT2D eigenvalue weighted by atomic mass is 16.4. The molecule has 574 valence electrons. The van der Waals surface area contributed by atoms with Crippen molar-refractivity contribution in [1.29, 1.82) is 0 Å². The van der Waals surface area contributed by atoms with Crippen molar-refractivity contribution < 1.29 is 72.5 Å². The summed E-state index contributed by atoms with van der Waals surface area (Å²) in [6.07, 6.45) is -0.176. The lowest BCUT2D eigenvalue weighted by molar-refractivity contribution is -0.145. The maximum Gasteiger partial charge on any atom is 0.326 e. The van der Waals surface area contributed by atoms with Gasteiger partial charge in [0.15, 0.2) is 17.9 Å². The Hall–Kier alpha value is -11.7. The first kappa shape index (κ1) is 85.7. The van der Waals surface area contributed by atoms with Crippen molar-refractivity contribution in [1.82, 2.24) is 63.4 Å². The predicted octanol–water partition coefficient (Wildman–Crippen LogP) is -6.66. The molecule has 1 saturated heterocycles. The van der Waals surface area contributed by atoms with Crippen LogP contribution in [-0.2, 0) is 81.7 Å². The maximum atomic E-state index is 14.7. The van der Waals surface area contributed by atoms with Crippen LogP contribution in [0.2, 0.25) is 0 Å². The number of likely N-dealkylation sites (tertiary alicyclic amines) is 1. The number of phenols is 1. The van der Waals surface area contributed by atoms with E-state index in [2.05, 4.69) is 73.5 Å². The highest BCUT2D eigenvalue weighted by molar-refractivity contribution is 6.00. The number of primary amides is 1. The number of amides is 12. The molecule has 4 rings (SSSR count). The number of guanidine groups is 3. The minimum Gasteiger partial charge on any atom is -0.508 e. The Morgan fingerprint density at radius 2 is 0.952 bits per heavy atom. The van der Waals surface area contributed by atoms with Crippen molar-refractivity contribution in [3.63, 3.8) is 0 Å². The molecule has 9 atom stereocenters. The molecule has 1 aliphatic rings. The van der Waals surface area contributed by atoms with Gasteiger partial charge in [0.1, 0.15) is 54.1 Å². The van der Waals surface area contributed by atoms with Crippen LogP contribution in [0.5, 0.6) is 5.75 Å². The number of nitrogens with two attached hydrogens (primary N) is 8. The van der Waals surface area contributed by atoms with Crippen LogP contribution in [0.1, 0.15) is 101 Å². The van der Waals surface area contributed by atoms with Crippen LogP contribution in [0.3, 0.4) is 0 Å². The van der Waals surface area contributed by atoms with Crippen molar-refractivity contribution >= 4 is 94.7 Å². The zero-order valence-corrected chi connectivity index (χ0v) is 58.7. The molecule has 3 aromatic carbocycles. The topological polar surface area (TPSA) is 643 Å². The van der Waals surface area contributed by atoms with Crippen molar-refractivity contribution in [2.45, 2.75) is 158 Å². The van der Waals surface area contributed by atoms with Crippen molar-refractivity contribution in [2.24, 2.45) is 60.8 Å². The lowest BCUT2D eigenvalue weighted by atomic mass is 10.0. The number of nitrogens with one attached hydrogen (secondary N) is 11. The molecular formula is C67H101N23O15. The largest absolute Gasteiger partial charge is 0.508 e. The number of nitrogens with zero attached hydrogens (tertiary/aromatic N) is 4. The van der Waals surface area contributed by atoms with Crippen LogP contribution in [0, 0.1) is 0 Å². The number of hydrogen-bond donors (Lipinski definition) is 21. The van der Waals surface area contributed by atoms with Gasteiger partial charge in [0.25, 0.3) is 0 Å². The van der Waals surface area contributed by atoms with Gasteiger partial charge in [0.05, 0.1) is 25.6 Å². The third-order valence-corrected chi connectivity index (χ3v) is 16.2. The van der Waals surface area contributed by atoms with Crippen molar-refractivity contribution in [2.75, 3.05) is 52.4 Å². The smallest absolute Gasteiger partial charge is 0.326 e. The second kappa shape index (κ2) is 46.0. The molecule has 1 fully saturated rings. The molecule has 0 aliphatic carbocycles. The summed E-state index contributed by atoms with van der Waals surface area (Å²) in [5.41, 5.74) is 46.7. The van der Waals surface area contributed by atoms with Gasteiger partial charge in [0, 0.05) is 52.6 Å². The quantitative estimate of drug-likeness (QED) is 0.0142. The minimum atomic E-state index is -1.86. The average Bonchev–Trinajstić information content (AvgIpc) is 1.73.